The first kappa shape index (κ1) is 15.4. The summed E-state index contributed by atoms with van der Waals surface area (Å²) in [6.07, 6.45) is 2.86. The van der Waals surface area contributed by atoms with Gasteiger partial charge in [0.1, 0.15) is 0 Å². The molecule has 16 heavy (non-hydrogen) atoms. The van der Waals surface area contributed by atoms with Crippen LogP contribution >= 0.6 is 0 Å². The number of hydrogen-bond donors (Lipinski definition) is 2. The minimum Gasteiger partial charge on any atom is -0.353 e. The summed E-state index contributed by atoms with van der Waals surface area (Å²) in [5.74, 6) is -0.0191. The van der Waals surface area contributed by atoms with E-state index in [2.05, 4.69) is 24.1 Å². The van der Waals surface area contributed by atoms with Gasteiger partial charge in [-0.15, -0.1) is 0 Å². The Morgan fingerprint density at radius 3 is 2.44 bits per heavy atom. The van der Waals surface area contributed by atoms with Crippen molar-refractivity contribution >= 4 is 5.91 Å². The van der Waals surface area contributed by atoms with Gasteiger partial charge in [0.15, 0.2) is 0 Å². The summed E-state index contributed by atoms with van der Waals surface area (Å²) in [5, 5.41) is 2.88. The largest absolute Gasteiger partial charge is 0.353 e. The van der Waals surface area contributed by atoms with E-state index in [9.17, 15) is 4.79 Å². The molecule has 0 fully saturated rings. The Balaban J connectivity index is 3.66. The summed E-state index contributed by atoms with van der Waals surface area (Å²) in [4.78, 5) is 13.8. The third-order valence-electron chi connectivity index (χ3n) is 2.65. The average Bonchev–Trinajstić information content (AvgIpc) is 2.28. The highest BCUT2D eigenvalue weighted by molar-refractivity contribution is 5.81. The van der Waals surface area contributed by atoms with Crippen molar-refractivity contribution in [3.63, 3.8) is 0 Å². The van der Waals surface area contributed by atoms with Crippen molar-refractivity contribution in [3.8, 4) is 0 Å². The van der Waals surface area contributed by atoms with Crippen LogP contribution in [0, 0.1) is 0 Å². The summed E-state index contributed by atoms with van der Waals surface area (Å²) in [6, 6.07) is -0.341. The number of nitrogens with one attached hydrogen (secondary N) is 1. The number of amides is 1. The Morgan fingerprint density at radius 2 is 1.94 bits per heavy atom. The second-order valence-corrected chi connectivity index (χ2v) is 4.12. The maximum Gasteiger partial charge on any atom is 0.236 e. The Kier molecular flexibility index (Phi) is 9.24. The van der Waals surface area contributed by atoms with Crippen molar-refractivity contribution in [2.45, 2.75) is 46.1 Å². The van der Waals surface area contributed by atoms with Gasteiger partial charge < -0.3 is 16.0 Å². The Bertz CT molecular complexity index is 185. The molecule has 1 amide bonds. The fourth-order valence-electron chi connectivity index (χ4n) is 1.65. The lowest BCUT2D eigenvalue weighted by Crippen LogP contribution is -2.43. The van der Waals surface area contributed by atoms with Crippen molar-refractivity contribution in [2.75, 3.05) is 26.2 Å². The van der Waals surface area contributed by atoms with E-state index in [1.165, 1.54) is 0 Å². The number of rotatable bonds is 9. The quantitative estimate of drug-likeness (QED) is 0.619. The summed E-state index contributed by atoms with van der Waals surface area (Å²) >= 11 is 0. The molecule has 1 unspecified atom stereocenters. The number of nitrogens with zero attached hydrogens (tertiary/aromatic N) is 1. The molecule has 0 aromatic heterocycles. The zero-order valence-corrected chi connectivity index (χ0v) is 11.0. The minimum atomic E-state index is -0.341. The van der Waals surface area contributed by atoms with Crippen molar-refractivity contribution < 1.29 is 4.79 Å². The number of carbonyl (C=O) groups excluding carboxylic acids is 1. The van der Waals surface area contributed by atoms with E-state index in [0.717, 1.165) is 38.9 Å². The van der Waals surface area contributed by atoms with Crippen molar-refractivity contribution in [1.82, 2.24) is 10.2 Å². The van der Waals surface area contributed by atoms with Crippen molar-refractivity contribution in [2.24, 2.45) is 5.73 Å². The molecular weight excluding hydrogens is 202 g/mol. The number of carbonyl (C=O) groups is 1. The lowest BCUT2D eigenvalue weighted by molar-refractivity contribution is -0.122. The van der Waals surface area contributed by atoms with E-state index in [-0.39, 0.29) is 11.9 Å². The first-order valence-corrected chi connectivity index (χ1v) is 6.41. The SMILES string of the molecule is CCCC(N)C(=O)NCCN(CC)CCC. The standard InChI is InChI=1S/C12H27N3O/c1-4-7-11(13)12(16)14-8-10-15(6-3)9-5-2/h11H,4-10,13H2,1-3H3,(H,14,16). The van der Waals surface area contributed by atoms with E-state index >= 15 is 0 Å². The molecule has 0 aliphatic carbocycles. The van der Waals surface area contributed by atoms with Crippen LogP contribution in [0.1, 0.15) is 40.0 Å². The second kappa shape index (κ2) is 9.60. The maximum absolute atomic E-state index is 11.5. The molecule has 3 N–H and O–H groups in total. The van der Waals surface area contributed by atoms with Crippen LogP contribution in [-0.2, 0) is 4.79 Å². The summed E-state index contributed by atoms with van der Waals surface area (Å²) < 4.78 is 0. The molecule has 0 saturated heterocycles. The second-order valence-electron chi connectivity index (χ2n) is 4.12. The van der Waals surface area contributed by atoms with Crippen LogP contribution in [0.4, 0.5) is 0 Å². The van der Waals surface area contributed by atoms with Gasteiger partial charge in [0.05, 0.1) is 6.04 Å². The molecule has 0 aliphatic rings. The Hall–Kier alpha value is -0.610. The van der Waals surface area contributed by atoms with E-state index in [0.29, 0.717) is 6.54 Å². The van der Waals surface area contributed by atoms with Crippen LogP contribution in [0.15, 0.2) is 0 Å². The van der Waals surface area contributed by atoms with Gasteiger partial charge in [-0.3, -0.25) is 4.79 Å². The number of likely N-dealkylation sites (N-methyl/N-ethyl adjacent to an activating group) is 1. The minimum absolute atomic E-state index is 0.0191. The fourth-order valence-corrected chi connectivity index (χ4v) is 1.65. The van der Waals surface area contributed by atoms with E-state index < -0.39 is 0 Å². The van der Waals surface area contributed by atoms with Crippen molar-refractivity contribution in [3.05, 3.63) is 0 Å². The molecular formula is C12H27N3O. The zero-order chi connectivity index (χ0) is 12.4. The molecule has 1 atom stereocenters. The summed E-state index contributed by atoms with van der Waals surface area (Å²) in [6.45, 7) is 10.1. The monoisotopic (exact) mass is 229 g/mol. The van der Waals surface area contributed by atoms with Gasteiger partial charge in [-0.05, 0) is 25.9 Å². The molecule has 4 heteroatoms. The van der Waals surface area contributed by atoms with Gasteiger partial charge in [-0.2, -0.15) is 0 Å². The Morgan fingerprint density at radius 1 is 1.25 bits per heavy atom. The molecule has 4 nitrogen and oxygen atoms in total. The summed E-state index contributed by atoms with van der Waals surface area (Å²) in [7, 11) is 0. The van der Waals surface area contributed by atoms with Crippen LogP contribution in [0.2, 0.25) is 0 Å². The van der Waals surface area contributed by atoms with Gasteiger partial charge in [0.2, 0.25) is 5.91 Å². The van der Waals surface area contributed by atoms with Gasteiger partial charge >= 0.3 is 0 Å². The van der Waals surface area contributed by atoms with Gasteiger partial charge in [-0.25, -0.2) is 0 Å². The number of hydrogen-bond acceptors (Lipinski definition) is 3. The topological polar surface area (TPSA) is 58.4 Å². The maximum atomic E-state index is 11.5. The van der Waals surface area contributed by atoms with Crippen LogP contribution in [-0.4, -0.2) is 43.0 Å². The lowest BCUT2D eigenvalue weighted by Gasteiger charge is -2.20. The lowest BCUT2D eigenvalue weighted by atomic mass is 10.2. The van der Waals surface area contributed by atoms with E-state index in [1.54, 1.807) is 0 Å². The zero-order valence-electron chi connectivity index (χ0n) is 11.0. The van der Waals surface area contributed by atoms with Gasteiger partial charge in [-0.1, -0.05) is 27.2 Å². The third kappa shape index (κ3) is 6.80. The highest BCUT2D eigenvalue weighted by Crippen LogP contribution is 1.93. The van der Waals surface area contributed by atoms with Crippen molar-refractivity contribution in [1.29, 1.82) is 0 Å². The molecule has 0 spiro atoms. The predicted molar refractivity (Wildman–Crippen MR) is 68.3 cm³/mol. The third-order valence-corrected chi connectivity index (χ3v) is 2.65. The first-order valence-electron chi connectivity index (χ1n) is 6.41. The first-order chi connectivity index (χ1) is 7.65. The molecule has 0 bridgehead atoms. The van der Waals surface area contributed by atoms with E-state index in [4.69, 9.17) is 5.73 Å². The highest BCUT2D eigenvalue weighted by Gasteiger charge is 2.11. The highest BCUT2D eigenvalue weighted by atomic mass is 16.2. The van der Waals surface area contributed by atoms with E-state index in [1.807, 2.05) is 6.92 Å². The fraction of sp³-hybridized carbons (Fsp3) is 0.917. The molecule has 0 aromatic carbocycles. The van der Waals surface area contributed by atoms with Crippen LogP contribution < -0.4 is 11.1 Å². The van der Waals surface area contributed by atoms with Gasteiger partial charge in [0.25, 0.3) is 0 Å². The molecule has 0 heterocycles. The van der Waals surface area contributed by atoms with Crippen LogP contribution in [0.5, 0.6) is 0 Å². The Labute approximate surface area is 99.6 Å². The molecule has 0 saturated carbocycles. The smallest absolute Gasteiger partial charge is 0.236 e. The molecule has 0 aliphatic heterocycles. The molecule has 96 valence electrons. The predicted octanol–water partition coefficient (Wildman–Crippen LogP) is 0.962. The van der Waals surface area contributed by atoms with Crippen LogP contribution in [0.3, 0.4) is 0 Å². The van der Waals surface area contributed by atoms with Gasteiger partial charge in [0, 0.05) is 13.1 Å². The molecule has 0 rings (SSSR count). The normalized spacial score (nSPS) is 12.8. The van der Waals surface area contributed by atoms with Crippen LogP contribution in [0.25, 0.3) is 0 Å². The summed E-state index contributed by atoms with van der Waals surface area (Å²) in [5.41, 5.74) is 5.71. The number of nitrogens with two attached hydrogens (primary N) is 1. The average molecular weight is 229 g/mol. The molecule has 0 aromatic rings. The molecule has 0 radical (unpaired) electrons.